The normalized spacial score (nSPS) is 16.6. The quantitative estimate of drug-likeness (QED) is 0.826. The van der Waals surface area contributed by atoms with Crippen LogP contribution in [0.5, 0.6) is 0 Å². The molecule has 2 aromatic heterocycles. The Kier molecular flexibility index (Phi) is 6.14. The van der Waals surface area contributed by atoms with Crippen molar-refractivity contribution < 1.29 is 9.21 Å². The molecule has 3 rings (SSSR count). The SMILES string of the molecule is Cc1cc(C)n(CC(C)CNC(=O)c2ccc(CN3CCCCC3)o2)n1. The molecule has 0 saturated carbocycles. The minimum Gasteiger partial charge on any atom is -0.455 e. The number of hydrogen-bond acceptors (Lipinski definition) is 4. The third kappa shape index (κ3) is 4.97. The third-order valence-electron chi connectivity index (χ3n) is 4.91. The Morgan fingerprint density at radius 2 is 2.04 bits per heavy atom. The fraction of sp³-hybridized carbons (Fsp3) is 0.600. The van der Waals surface area contributed by atoms with E-state index in [1.54, 1.807) is 6.07 Å². The maximum atomic E-state index is 12.3. The Hall–Kier alpha value is -2.08. The van der Waals surface area contributed by atoms with Crippen molar-refractivity contribution in [3.63, 3.8) is 0 Å². The Morgan fingerprint density at radius 1 is 1.27 bits per heavy atom. The topological polar surface area (TPSA) is 63.3 Å². The van der Waals surface area contributed by atoms with Gasteiger partial charge in [-0.15, -0.1) is 0 Å². The number of nitrogens with one attached hydrogen (secondary N) is 1. The van der Waals surface area contributed by atoms with Crippen LogP contribution in [0.3, 0.4) is 0 Å². The van der Waals surface area contributed by atoms with E-state index in [2.05, 4.69) is 35.2 Å². The Balaban J connectivity index is 1.46. The summed E-state index contributed by atoms with van der Waals surface area (Å²) in [6.07, 6.45) is 3.82. The molecule has 6 heteroatoms. The second-order valence-electron chi connectivity index (χ2n) is 7.53. The molecule has 6 nitrogen and oxygen atoms in total. The van der Waals surface area contributed by atoms with Crippen LogP contribution in [0.4, 0.5) is 0 Å². The van der Waals surface area contributed by atoms with Crippen LogP contribution in [0, 0.1) is 19.8 Å². The lowest BCUT2D eigenvalue weighted by atomic mass is 10.1. The van der Waals surface area contributed by atoms with Gasteiger partial charge in [0.05, 0.1) is 12.2 Å². The van der Waals surface area contributed by atoms with Gasteiger partial charge in [-0.1, -0.05) is 13.3 Å². The number of carbonyl (C=O) groups is 1. The molecule has 142 valence electrons. The van der Waals surface area contributed by atoms with E-state index in [0.29, 0.717) is 18.2 Å². The van der Waals surface area contributed by atoms with Gasteiger partial charge in [-0.05, 0) is 63.9 Å². The Bertz CT molecular complexity index is 728. The number of piperidine rings is 1. The molecule has 1 unspecified atom stereocenters. The molecule has 2 aromatic rings. The highest BCUT2D eigenvalue weighted by Gasteiger charge is 2.16. The summed E-state index contributed by atoms with van der Waals surface area (Å²) in [7, 11) is 0. The average Bonchev–Trinajstić information content (AvgIpc) is 3.20. The number of furan rings is 1. The smallest absolute Gasteiger partial charge is 0.287 e. The molecule has 1 aliphatic rings. The van der Waals surface area contributed by atoms with Gasteiger partial charge in [-0.2, -0.15) is 5.10 Å². The summed E-state index contributed by atoms with van der Waals surface area (Å²) in [4.78, 5) is 14.7. The second-order valence-corrected chi connectivity index (χ2v) is 7.53. The predicted molar refractivity (Wildman–Crippen MR) is 101 cm³/mol. The molecule has 1 saturated heterocycles. The number of nitrogens with zero attached hydrogens (tertiary/aromatic N) is 3. The van der Waals surface area contributed by atoms with Crippen molar-refractivity contribution in [1.82, 2.24) is 20.0 Å². The first kappa shape index (κ1) is 18.7. The fourth-order valence-corrected chi connectivity index (χ4v) is 3.50. The van der Waals surface area contributed by atoms with E-state index in [-0.39, 0.29) is 5.91 Å². The number of rotatable bonds is 7. The van der Waals surface area contributed by atoms with Crippen molar-refractivity contribution >= 4 is 5.91 Å². The zero-order chi connectivity index (χ0) is 18.5. The van der Waals surface area contributed by atoms with Crippen molar-refractivity contribution in [3.05, 3.63) is 41.1 Å². The van der Waals surface area contributed by atoms with E-state index in [1.807, 2.05) is 17.7 Å². The number of aryl methyl sites for hydroxylation is 2. The minimum absolute atomic E-state index is 0.143. The van der Waals surface area contributed by atoms with Gasteiger partial charge in [-0.25, -0.2) is 0 Å². The van der Waals surface area contributed by atoms with Crippen LogP contribution in [0.2, 0.25) is 0 Å². The summed E-state index contributed by atoms with van der Waals surface area (Å²) >= 11 is 0. The number of likely N-dealkylation sites (tertiary alicyclic amines) is 1. The highest BCUT2D eigenvalue weighted by Crippen LogP contribution is 2.15. The molecule has 0 bridgehead atoms. The summed E-state index contributed by atoms with van der Waals surface area (Å²) in [5.74, 6) is 1.41. The Morgan fingerprint density at radius 3 is 2.73 bits per heavy atom. The van der Waals surface area contributed by atoms with Crippen molar-refractivity contribution in [2.45, 2.75) is 53.1 Å². The van der Waals surface area contributed by atoms with Crippen LogP contribution < -0.4 is 5.32 Å². The lowest BCUT2D eigenvalue weighted by molar-refractivity contribution is 0.0914. The molecule has 26 heavy (non-hydrogen) atoms. The predicted octanol–water partition coefficient (Wildman–Crippen LogP) is 3.14. The minimum atomic E-state index is -0.143. The van der Waals surface area contributed by atoms with Crippen LogP contribution in [-0.2, 0) is 13.1 Å². The zero-order valence-electron chi connectivity index (χ0n) is 16.1. The third-order valence-corrected chi connectivity index (χ3v) is 4.91. The van der Waals surface area contributed by atoms with E-state index < -0.39 is 0 Å². The van der Waals surface area contributed by atoms with Crippen LogP contribution in [0.1, 0.15) is 53.9 Å². The van der Waals surface area contributed by atoms with E-state index in [1.165, 1.54) is 19.3 Å². The number of carbonyl (C=O) groups excluding carboxylic acids is 1. The molecule has 3 heterocycles. The first-order chi connectivity index (χ1) is 12.5. The first-order valence-electron chi connectivity index (χ1n) is 9.61. The molecule has 1 aliphatic heterocycles. The van der Waals surface area contributed by atoms with Crippen molar-refractivity contribution in [2.75, 3.05) is 19.6 Å². The van der Waals surface area contributed by atoms with E-state index in [4.69, 9.17) is 4.42 Å². The van der Waals surface area contributed by atoms with Crippen LogP contribution in [-0.4, -0.2) is 40.2 Å². The average molecular weight is 358 g/mol. The summed E-state index contributed by atoms with van der Waals surface area (Å²) in [6, 6.07) is 5.77. The van der Waals surface area contributed by atoms with Gasteiger partial charge in [0.1, 0.15) is 5.76 Å². The molecule has 0 aromatic carbocycles. The van der Waals surface area contributed by atoms with Crippen LogP contribution in [0.25, 0.3) is 0 Å². The van der Waals surface area contributed by atoms with Crippen molar-refractivity contribution in [2.24, 2.45) is 5.92 Å². The van der Waals surface area contributed by atoms with E-state index in [9.17, 15) is 4.79 Å². The van der Waals surface area contributed by atoms with Gasteiger partial charge in [0.2, 0.25) is 0 Å². The summed E-state index contributed by atoms with van der Waals surface area (Å²) < 4.78 is 7.75. The molecule has 1 amide bonds. The van der Waals surface area contributed by atoms with Gasteiger partial charge >= 0.3 is 0 Å². The van der Waals surface area contributed by atoms with Crippen LogP contribution >= 0.6 is 0 Å². The lowest BCUT2D eigenvalue weighted by Gasteiger charge is -2.25. The Labute approximate surface area is 155 Å². The first-order valence-corrected chi connectivity index (χ1v) is 9.61. The second kappa shape index (κ2) is 8.54. The monoisotopic (exact) mass is 358 g/mol. The highest BCUT2D eigenvalue weighted by atomic mass is 16.4. The van der Waals surface area contributed by atoms with Gasteiger partial charge in [0.15, 0.2) is 5.76 Å². The molecule has 0 radical (unpaired) electrons. The van der Waals surface area contributed by atoms with E-state index in [0.717, 1.165) is 43.3 Å². The molecule has 1 N–H and O–H groups in total. The van der Waals surface area contributed by atoms with Gasteiger partial charge < -0.3 is 9.73 Å². The van der Waals surface area contributed by atoms with Crippen molar-refractivity contribution in [1.29, 1.82) is 0 Å². The molecular formula is C20H30N4O2. The molecule has 0 spiro atoms. The van der Waals surface area contributed by atoms with Gasteiger partial charge in [0.25, 0.3) is 5.91 Å². The summed E-state index contributed by atoms with van der Waals surface area (Å²) in [5, 5.41) is 7.45. The van der Waals surface area contributed by atoms with E-state index >= 15 is 0 Å². The maximum absolute atomic E-state index is 12.3. The molecular weight excluding hydrogens is 328 g/mol. The van der Waals surface area contributed by atoms with Gasteiger partial charge in [-0.3, -0.25) is 14.4 Å². The molecule has 0 aliphatic carbocycles. The van der Waals surface area contributed by atoms with Crippen molar-refractivity contribution in [3.8, 4) is 0 Å². The maximum Gasteiger partial charge on any atom is 0.287 e. The molecule has 1 fully saturated rings. The fourth-order valence-electron chi connectivity index (χ4n) is 3.50. The summed E-state index contributed by atoms with van der Waals surface area (Å²) in [5.41, 5.74) is 2.17. The number of amides is 1. The molecule has 1 atom stereocenters. The number of hydrogen-bond donors (Lipinski definition) is 1. The zero-order valence-corrected chi connectivity index (χ0v) is 16.1. The highest BCUT2D eigenvalue weighted by molar-refractivity contribution is 5.91. The standard InChI is InChI=1S/C20H30N4O2/c1-15(13-24-17(3)11-16(2)22-24)12-21-20(25)19-8-7-18(26-19)14-23-9-5-4-6-10-23/h7-8,11,15H,4-6,9-10,12-14H2,1-3H3,(H,21,25). The summed E-state index contributed by atoms with van der Waals surface area (Å²) in [6.45, 7) is 10.6. The van der Waals surface area contributed by atoms with Gasteiger partial charge in [0, 0.05) is 18.8 Å². The lowest BCUT2D eigenvalue weighted by Crippen LogP contribution is -2.30. The van der Waals surface area contributed by atoms with Crippen LogP contribution in [0.15, 0.2) is 22.6 Å². The largest absolute Gasteiger partial charge is 0.455 e. The number of aromatic nitrogens is 2.